The summed E-state index contributed by atoms with van der Waals surface area (Å²) in [6, 6.07) is 4.28. The molecule has 2 spiro atoms. The van der Waals surface area contributed by atoms with Gasteiger partial charge in [0.25, 0.3) is 0 Å². The third-order valence-electron chi connectivity index (χ3n) is 8.28. The highest BCUT2D eigenvalue weighted by Crippen LogP contribution is 2.58. The molecule has 3 atom stereocenters. The summed E-state index contributed by atoms with van der Waals surface area (Å²) in [6.07, 6.45) is 4.05. The molecule has 4 nitrogen and oxygen atoms in total. The minimum Gasteiger partial charge on any atom is -0.358 e. The molecule has 5 heteroatoms. The van der Waals surface area contributed by atoms with Crippen molar-refractivity contribution in [2.75, 3.05) is 13.1 Å². The lowest BCUT2D eigenvalue weighted by atomic mass is 9.51. The van der Waals surface area contributed by atoms with Crippen LogP contribution in [0.5, 0.6) is 0 Å². The minimum absolute atomic E-state index is 0.0115. The zero-order valence-corrected chi connectivity index (χ0v) is 17.0. The predicted molar refractivity (Wildman–Crippen MR) is 107 cm³/mol. The summed E-state index contributed by atoms with van der Waals surface area (Å²) in [5.74, 6) is 0.731. The largest absolute Gasteiger partial charge is 0.358 e. The van der Waals surface area contributed by atoms with E-state index in [9.17, 15) is 4.79 Å². The van der Waals surface area contributed by atoms with Gasteiger partial charge in [0.05, 0.1) is 5.54 Å². The zero-order valence-electron chi connectivity index (χ0n) is 16.2. The maximum absolute atomic E-state index is 13.2. The fourth-order valence-electron chi connectivity index (χ4n) is 6.97. The van der Waals surface area contributed by atoms with E-state index in [1.165, 1.54) is 16.6 Å². The number of carbonyl (C=O) groups excluding carboxylic acids is 1. The number of aromatic amines is 1. The summed E-state index contributed by atoms with van der Waals surface area (Å²) < 4.78 is 0. The summed E-state index contributed by atoms with van der Waals surface area (Å²) in [5, 5.41) is 5.63. The van der Waals surface area contributed by atoms with Crippen LogP contribution in [0.4, 0.5) is 0 Å². The Hall–Kier alpha value is -1.52. The van der Waals surface area contributed by atoms with Gasteiger partial charge in [-0.3, -0.25) is 9.69 Å². The summed E-state index contributed by atoms with van der Waals surface area (Å²) >= 11 is 6.40. The van der Waals surface area contributed by atoms with Gasteiger partial charge in [-0.1, -0.05) is 25.4 Å². The fourth-order valence-corrected chi connectivity index (χ4v) is 7.13. The monoisotopic (exact) mass is 383 g/mol. The van der Waals surface area contributed by atoms with Gasteiger partial charge in [-0.05, 0) is 68.3 Å². The van der Waals surface area contributed by atoms with E-state index in [-0.39, 0.29) is 22.4 Å². The molecular formula is C22H26ClN3O. The van der Waals surface area contributed by atoms with E-state index in [0.29, 0.717) is 5.92 Å². The molecule has 2 bridgehead atoms. The number of aryl methyl sites for hydroxylation is 1. The first-order valence-electron chi connectivity index (χ1n) is 10.2. The van der Waals surface area contributed by atoms with Crippen molar-refractivity contribution in [2.45, 2.75) is 62.9 Å². The number of aromatic nitrogens is 1. The number of benzene rings is 1. The van der Waals surface area contributed by atoms with Gasteiger partial charge in [-0.2, -0.15) is 0 Å². The van der Waals surface area contributed by atoms with Crippen LogP contribution in [0.15, 0.2) is 12.1 Å². The minimum atomic E-state index is -0.257. The highest BCUT2D eigenvalue weighted by molar-refractivity contribution is 6.32. The van der Waals surface area contributed by atoms with Crippen LogP contribution in [0, 0.1) is 12.8 Å². The molecule has 27 heavy (non-hydrogen) atoms. The van der Waals surface area contributed by atoms with E-state index in [1.807, 2.05) is 0 Å². The quantitative estimate of drug-likeness (QED) is 0.729. The van der Waals surface area contributed by atoms with Crippen molar-refractivity contribution in [1.82, 2.24) is 15.2 Å². The number of piperazine rings is 1. The Balaban J connectivity index is 1.59. The van der Waals surface area contributed by atoms with Gasteiger partial charge < -0.3 is 10.3 Å². The zero-order chi connectivity index (χ0) is 18.8. The second-order valence-electron chi connectivity index (χ2n) is 9.95. The molecule has 4 fully saturated rings. The molecule has 0 saturated carbocycles. The molecule has 1 amide bonds. The maximum atomic E-state index is 13.2. The normalized spacial score (nSPS) is 36.4. The van der Waals surface area contributed by atoms with Crippen LogP contribution < -0.4 is 5.32 Å². The molecule has 0 unspecified atom stereocenters. The number of halogens is 1. The molecule has 4 saturated heterocycles. The van der Waals surface area contributed by atoms with Crippen molar-refractivity contribution in [2.24, 2.45) is 5.92 Å². The molecule has 2 aromatic rings. The molecule has 1 aliphatic carbocycles. The van der Waals surface area contributed by atoms with Crippen molar-refractivity contribution in [3.05, 3.63) is 34.0 Å². The van der Waals surface area contributed by atoms with Gasteiger partial charge in [0, 0.05) is 33.6 Å². The average Bonchev–Trinajstić information content (AvgIpc) is 3.17. The highest BCUT2D eigenvalue weighted by atomic mass is 35.5. The van der Waals surface area contributed by atoms with Gasteiger partial charge >= 0.3 is 0 Å². The molecule has 142 valence electrons. The Labute approximate surface area is 164 Å². The summed E-state index contributed by atoms with van der Waals surface area (Å²) in [4.78, 5) is 19.4. The Morgan fingerprint density at radius 3 is 2.93 bits per heavy atom. The van der Waals surface area contributed by atoms with Crippen molar-refractivity contribution >= 4 is 28.4 Å². The Kier molecular flexibility index (Phi) is 2.87. The molecule has 5 heterocycles. The smallest absolute Gasteiger partial charge is 0.241 e. The molecule has 7 rings (SSSR count). The van der Waals surface area contributed by atoms with Gasteiger partial charge in [0.15, 0.2) is 0 Å². The number of hydrogen-bond acceptors (Lipinski definition) is 2. The summed E-state index contributed by atoms with van der Waals surface area (Å²) in [5.41, 5.74) is 4.53. The molecular weight excluding hydrogens is 358 g/mol. The second kappa shape index (κ2) is 4.72. The Morgan fingerprint density at radius 1 is 1.30 bits per heavy atom. The van der Waals surface area contributed by atoms with Crippen LogP contribution in [0.3, 0.4) is 0 Å². The molecule has 5 aliphatic rings. The van der Waals surface area contributed by atoms with Crippen LogP contribution in [-0.2, 0) is 16.6 Å². The van der Waals surface area contributed by atoms with E-state index in [0.717, 1.165) is 54.9 Å². The lowest BCUT2D eigenvalue weighted by Crippen LogP contribution is -2.82. The van der Waals surface area contributed by atoms with Gasteiger partial charge in [-0.15, -0.1) is 0 Å². The Morgan fingerprint density at radius 2 is 2.11 bits per heavy atom. The van der Waals surface area contributed by atoms with Crippen LogP contribution in [0.25, 0.3) is 10.9 Å². The first-order chi connectivity index (χ1) is 12.8. The van der Waals surface area contributed by atoms with E-state index in [4.69, 9.17) is 11.6 Å². The molecule has 1 aromatic heterocycles. The number of amides is 1. The standard InChI is InChI=1S/C22H26ClN3O/c1-12-7-13-14-9-21-11-26-6-4-5-22(26,19(27)25-21)10-17(21)20(2,3)18(14)24-16(13)8-15(12)23/h7-8,17,24H,4-6,9-11H2,1-3H3,(H,25,27)/t17-,21+,22-/m0/s1. The molecule has 1 aromatic carbocycles. The van der Waals surface area contributed by atoms with Crippen molar-refractivity contribution in [3.8, 4) is 0 Å². The van der Waals surface area contributed by atoms with Crippen molar-refractivity contribution in [3.63, 3.8) is 0 Å². The van der Waals surface area contributed by atoms with E-state index < -0.39 is 0 Å². The van der Waals surface area contributed by atoms with Gasteiger partial charge in [-0.25, -0.2) is 0 Å². The van der Waals surface area contributed by atoms with E-state index >= 15 is 0 Å². The van der Waals surface area contributed by atoms with Crippen LogP contribution in [-0.4, -0.2) is 40.0 Å². The number of hydrogen-bond donors (Lipinski definition) is 2. The molecule has 2 N–H and O–H groups in total. The third-order valence-corrected chi connectivity index (χ3v) is 8.69. The first kappa shape index (κ1) is 16.4. The van der Waals surface area contributed by atoms with E-state index in [2.05, 4.69) is 48.1 Å². The number of nitrogens with one attached hydrogen (secondary N) is 2. The maximum Gasteiger partial charge on any atom is 0.241 e. The second-order valence-corrected chi connectivity index (χ2v) is 10.4. The number of H-pyrrole nitrogens is 1. The van der Waals surface area contributed by atoms with Gasteiger partial charge in [0.1, 0.15) is 5.54 Å². The van der Waals surface area contributed by atoms with Crippen molar-refractivity contribution < 1.29 is 4.79 Å². The van der Waals surface area contributed by atoms with Crippen LogP contribution in [0.2, 0.25) is 5.02 Å². The molecule has 4 aliphatic heterocycles. The number of fused-ring (bicyclic) bond motifs is 4. The number of carbonyl (C=O) groups is 1. The van der Waals surface area contributed by atoms with E-state index in [1.54, 1.807) is 0 Å². The topological polar surface area (TPSA) is 48.1 Å². The average molecular weight is 384 g/mol. The van der Waals surface area contributed by atoms with Gasteiger partial charge in [0.2, 0.25) is 5.91 Å². The first-order valence-corrected chi connectivity index (χ1v) is 10.5. The predicted octanol–water partition coefficient (Wildman–Crippen LogP) is 3.69. The lowest BCUT2D eigenvalue weighted by molar-refractivity contribution is -0.160. The fraction of sp³-hybridized carbons (Fsp3) is 0.591. The third kappa shape index (κ3) is 1.78. The summed E-state index contributed by atoms with van der Waals surface area (Å²) in [6.45, 7) is 8.86. The number of nitrogens with zero attached hydrogens (tertiary/aromatic N) is 1. The van der Waals surface area contributed by atoms with Crippen LogP contribution in [0.1, 0.15) is 49.9 Å². The van der Waals surface area contributed by atoms with Crippen LogP contribution >= 0.6 is 11.6 Å². The Bertz CT molecular complexity index is 1020. The summed E-state index contributed by atoms with van der Waals surface area (Å²) in [7, 11) is 0. The SMILES string of the molecule is Cc1cc2c3c([nH]c2cc1Cl)C(C)(C)[C@@H]1C[C@]24CCCN2C[C@@]1(C3)NC4=O. The number of piperidine rings is 2. The number of rotatable bonds is 0. The van der Waals surface area contributed by atoms with Crippen molar-refractivity contribution in [1.29, 1.82) is 0 Å². The molecule has 0 radical (unpaired) electrons. The highest BCUT2D eigenvalue weighted by Gasteiger charge is 2.68. The lowest BCUT2D eigenvalue weighted by Gasteiger charge is -2.65.